The maximum atomic E-state index is 11.5. The minimum atomic E-state index is -1.24. The molecule has 0 spiro atoms. The van der Waals surface area contributed by atoms with Crippen molar-refractivity contribution in [1.29, 1.82) is 0 Å². The van der Waals surface area contributed by atoms with Gasteiger partial charge in [-0.05, 0) is 20.3 Å². The monoisotopic (exact) mass is 285 g/mol. The number of carbonyl (C=O) groups excluding carboxylic acids is 3. The summed E-state index contributed by atoms with van der Waals surface area (Å²) < 4.78 is 0. The van der Waals surface area contributed by atoms with E-state index in [-0.39, 0.29) is 23.6 Å². The van der Waals surface area contributed by atoms with Crippen molar-refractivity contribution in [3.8, 4) is 0 Å². The Morgan fingerprint density at radius 1 is 1.00 bits per heavy atom. The molecule has 0 bridgehead atoms. The molecule has 0 aromatic carbocycles. The third kappa shape index (κ3) is 6.53. The average molecular weight is 285 g/mol. The molecule has 4 N–H and O–H groups in total. The predicted molar refractivity (Wildman–Crippen MR) is 70.9 cm³/mol. The van der Waals surface area contributed by atoms with Gasteiger partial charge in [0.05, 0.1) is 6.54 Å². The van der Waals surface area contributed by atoms with Gasteiger partial charge in [0.1, 0.15) is 0 Å². The van der Waals surface area contributed by atoms with E-state index in [1.165, 1.54) is 13.8 Å². The highest BCUT2D eigenvalue weighted by molar-refractivity contribution is 6.07. The fourth-order valence-electron chi connectivity index (χ4n) is 1.06. The predicted octanol–water partition coefficient (Wildman–Crippen LogP) is -0.241. The summed E-state index contributed by atoms with van der Waals surface area (Å²) in [5.41, 5.74) is -0.237. The molecular weight excluding hydrogens is 266 g/mol. The van der Waals surface area contributed by atoms with E-state index in [4.69, 9.17) is 5.11 Å². The van der Waals surface area contributed by atoms with E-state index in [1.54, 1.807) is 0 Å². The Balaban J connectivity index is 4.28. The molecule has 0 atom stereocenters. The summed E-state index contributed by atoms with van der Waals surface area (Å²) in [4.78, 5) is 44.7. The van der Waals surface area contributed by atoms with Crippen LogP contribution in [0.3, 0.4) is 0 Å². The maximum Gasteiger partial charge on any atom is 0.331 e. The summed E-state index contributed by atoms with van der Waals surface area (Å²) in [5.74, 6) is -2.43. The van der Waals surface area contributed by atoms with Gasteiger partial charge >= 0.3 is 12.0 Å². The van der Waals surface area contributed by atoms with E-state index in [9.17, 15) is 19.2 Å². The fourth-order valence-corrected chi connectivity index (χ4v) is 1.06. The van der Waals surface area contributed by atoms with Gasteiger partial charge in [-0.3, -0.25) is 14.9 Å². The number of hydrogen-bond acceptors (Lipinski definition) is 4. The molecule has 8 heteroatoms. The van der Waals surface area contributed by atoms with E-state index in [0.717, 1.165) is 6.42 Å². The van der Waals surface area contributed by atoms with Gasteiger partial charge in [0.25, 0.3) is 5.91 Å². The third-order valence-electron chi connectivity index (χ3n) is 2.43. The van der Waals surface area contributed by atoms with E-state index in [1.807, 2.05) is 12.2 Å². The summed E-state index contributed by atoms with van der Waals surface area (Å²) in [6, 6.07) is -0.862. The molecule has 20 heavy (non-hydrogen) atoms. The molecule has 0 aromatic heterocycles. The number of amides is 4. The van der Waals surface area contributed by atoms with Crippen LogP contribution in [0.4, 0.5) is 4.79 Å². The number of imide groups is 1. The van der Waals surface area contributed by atoms with Crippen molar-refractivity contribution in [1.82, 2.24) is 16.0 Å². The van der Waals surface area contributed by atoms with Crippen LogP contribution in [0.2, 0.25) is 0 Å². The molecular formula is C12H19N3O5. The molecule has 0 aliphatic heterocycles. The summed E-state index contributed by atoms with van der Waals surface area (Å²) in [5, 5.41) is 15.4. The molecule has 0 saturated carbocycles. The Morgan fingerprint density at radius 2 is 1.60 bits per heavy atom. The summed E-state index contributed by atoms with van der Waals surface area (Å²) in [6.07, 6.45) is 0.773. The second-order valence-corrected chi connectivity index (χ2v) is 4.04. The van der Waals surface area contributed by atoms with Crippen molar-refractivity contribution < 1.29 is 24.3 Å². The number of rotatable bonds is 6. The van der Waals surface area contributed by atoms with Crippen molar-refractivity contribution in [3.05, 3.63) is 11.1 Å². The van der Waals surface area contributed by atoms with Crippen molar-refractivity contribution in [3.63, 3.8) is 0 Å². The highest BCUT2D eigenvalue weighted by Crippen LogP contribution is 2.02. The zero-order valence-electron chi connectivity index (χ0n) is 11.7. The van der Waals surface area contributed by atoms with E-state index >= 15 is 0 Å². The number of hydrogen-bond donors (Lipinski definition) is 4. The highest BCUT2D eigenvalue weighted by Gasteiger charge is 2.15. The lowest BCUT2D eigenvalue weighted by Crippen LogP contribution is -2.44. The fraction of sp³-hybridized carbons (Fsp3) is 0.500. The Labute approximate surface area is 116 Å². The molecule has 0 aromatic rings. The smallest absolute Gasteiger partial charge is 0.331 e. The highest BCUT2D eigenvalue weighted by atomic mass is 16.4. The average Bonchev–Trinajstić information content (AvgIpc) is 2.40. The molecule has 4 amide bonds. The quantitative estimate of drug-likeness (QED) is 0.501. The normalized spacial score (nSPS) is 11.2. The van der Waals surface area contributed by atoms with Crippen LogP contribution >= 0.6 is 0 Å². The van der Waals surface area contributed by atoms with Crippen LogP contribution in [-0.4, -0.2) is 42.0 Å². The largest absolute Gasteiger partial charge is 0.478 e. The first-order valence-electron chi connectivity index (χ1n) is 6.06. The molecule has 0 aliphatic rings. The van der Waals surface area contributed by atoms with Gasteiger partial charge in [-0.15, -0.1) is 0 Å². The first kappa shape index (κ1) is 17.6. The van der Waals surface area contributed by atoms with Crippen molar-refractivity contribution in [2.75, 3.05) is 13.1 Å². The Kier molecular flexibility index (Phi) is 7.64. The van der Waals surface area contributed by atoms with Gasteiger partial charge in [-0.2, -0.15) is 0 Å². The Hall–Kier alpha value is -2.38. The molecule has 0 rings (SSSR count). The van der Waals surface area contributed by atoms with E-state index < -0.39 is 17.9 Å². The lowest BCUT2D eigenvalue weighted by molar-refractivity contribution is -0.133. The summed E-state index contributed by atoms with van der Waals surface area (Å²) in [7, 11) is 0. The first-order chi connectivity index (χ1) is 9.29. The van der Waals surface area contributed by atoms with Crippen LogP contribution in [0.15, 0.2) is 11.1 Å². The van der Waals surface area contributed by atoms with Gasteiger partial charge in [-0.1, -0.05) is 6.92 Å². The van der Waals surface area contributed by atoms with Crippen LogP contribution in [0.1, 0.15) is 27.2 Å². The Bertz CT molecular complexity index is 442. The van der Waals surface area contributed by atoms with Gasteiger partial charge in [0, 0.05) is 17.7 Å². The van der Waals surface area contributed by atoms with Gasteiger partial charge in [-0.25, -0.2) is 9.59 Å². The lowest BCUT2D eigenvalue weighted by atomic mass is 10.1. The Morgan fingerprint density at radius 3 is 2.10 bits per heavy atom. The molecule has 0 fully saturated rings. The number of aliphatic carboxylic acids is 1. The van der Waals surface area contributed by atoms with E-state index in [2.05, 4.69) is 10.6 Å². The molecule has 112 valence electrons. The zero-order chi connectivity index (χ0) is 15.7. The van der Waals surface area contributed by atoms with Crippen LogP contribution < -0.4 is 16.0 Å². The lowest BCUT2D eigenvalue weighted by Gasteiger charge is -2.08. The van der Waals surface area contributed by atoms with Gasteiger partial charge in [0.2, 0.25) is 5.91 Å². The second kappa shape index (κ2) is 8.68. The van der Waals surface area contributed by atoms with Crippen molar-refractivity contribution in [2.45, 2.75) is 27.2 Å². The summed E-state index contributed by atoms with van der Waals surface area (Å²) in [6.45, 7) is 4.67. The third-order valence-corrected chi connectivity index (χ3v) is 2.43. The SMILES string of the molecule is CCCNC(=O)CNC(=O)NC(=O)C(C)=C(C)C(=O)O. The number of carboxylic acid groups (broad SMARTS) is 1. The van der Waals surface area contributed by atoms with Crippen LogP contribution in [0.25, 0.3) is 0 Å². The minimum Gasteiger partial charge on any atom is -0.478 e. The van der Waals surface area contributed by atoms with Crippen LogP contribution in [0, 0.1) is 0 Å². The zero-order valence-corrected chi connectivity index (χ0v) is 11.7. The maximum absolute atomic E-state index is 11.5. The molecule has 0 unspecified atom stereocenters. The van der Waals surface area contributed by atoms with E-state index in [0.29, 0.717) is 6.54 Å². The molecule has 8 nitrogen and oxygen atoms in total. The first-order valence-corrected chi connectivity index (χ1v) is 6.06. The number of carboxylic acids is 1. The standard InChI is InChI=1S/C12H19N3O5/c1-4-5-13-9(16)6-14-12(20)15-10(17)7(2)8(3)11(18)19/h4-6H2,1-3H3,(H,13,16)(H,18,19)(H2,14,15,17,20). The van der Waals surface area contributed by atoms with Crippen LogP contribution in [-0.2, 0) is 14.4 Å². The second-order valence-electron chi connectivity index (χ2n) is 4.04. The van der Waals surface area contributed by atoms with Gasteiger partial charge in [0.15, 0.2) is 0 Å². The number of nitrogens with one attached hydrogen (secondary N) is 3. The van der Waals surface area contributed by atoms with Crippen LogP contribution in [0.5, 0.6) is 0 Å². The molecule has 0 aliphatic carbocycles. The minimum absolute atomic E-state index is 0.0805. The number of urea groups is 1. The molecule has 0 radical (unpaired) electrons. The molecule has 0 saturated heterocycles. The molecule has 0 heterocycles. The summed E-state index contributed by atoms with van der Waals surface area (Å²) >= 11 is 0. The van der Waals surface area contributed by atoms with Gasteiger partial charge < -0.3 is 15.7 Å². The van der Waals surface area contributed by atoms with Crippen molar-refractivity contribution >= 4 is 23.8 Å². The van der Waals surface area contributed by atoms with Crippen molar-refractivity contribution in [2.24, 2.45) is 0 Å². The topological polar surface area (TPSA) is 125 Å². The number of carbonyl (C=O) groups is 4.